The maximum atomic E-state index is 12.1. The zero-order chi connectivity index (χ0) is 11.7. The van der Waals surface area contributed by atoms with Crippen molar-refractivity contribution in [2.75, 3.05) is 13.1 Å². The summed E-state index contributed by atoms with van der Waals surface area (Å²) in [5.41, 5.74) is 1.35. The van der Waals surface area contributed by atoms with Crippen molar-refractivity contribution in [1.29, 1.82) is 0 Å². The molecule has 1 aliphatic heterocycles. The summed E-state index contributed by atoms with van der Waals surface area (Å²) in [6.07, 6.45) is 2.17. The van der Waals surface area contributed by atoms with Crippen LogP contribution in [0.5, 0.6) is 5.75 Å². The highest BCUT2D eigenvalue weighted by molar-refractivity contribution is 9.10. The van der Waals surface area contributed by atoms with Gasteiger partial charge in [-0.25, -0.2) is 0 Å². The van der Waals surface area contributed by atoms with Crippen molar-refractivity contribution in [1.82, 2.24) is 4.90 Å². The third kappa shape index (κ3) is 1.94. The first-order valence-corrected chi connectivity index (χ1v) is 6.18. The largest absolute Gasteiger partial charge is 0.508 e. The van der Waals surface area contributed by atoms with Crippen LogP contribution in [-0.4, -0.2) is 29.0 Å². The Hall–Kier alpha value is -1.03. The summed E-state index contributed by atoms with van der Waals surface area (Å²) in [6.45, 7) is 3.47. The number of benzene rings is 1. The Kier molecular flexibility index (Phi) is 3.19. The average Bonchev–Trinajstić information content (AvgIpc) is 2.79. The lowest BCUT2D eigenvalue weighted by molar-refractivity contribution is 0.0792. The van der Waals surface area contributed by atoms with Crippen LogP contribution in [0.4, 0.5) is 0 Å². The van der Waals surface area contributed by atoms with Crippen LogP contribution in [0.15, 0.2) is 16.6 Å². The highest BCUT2D eigenvalue weighted by Crippen LogP contribution is 2.29. The Labute approximate surface area is 103 Å². The van der Waals surface area contributed by atoms with Gasteiger partial charge in [-0.05, 0) is 47.8 Å². The third-order valence-corrected chi connectivity index (χ3v) is 4.00. The van der Waals surface area contributed by atoms with E-state index in [2.05, 4.69) is 15.9 Å². The lowest BCUT2D eigenvalue weighted by atomic mass is 10.1. The number of amides is 1. The molecule has 0 saturated carbocycles. The van der Waals surface area contributed by atoms with Crippen LogP contribution in [0.2, 0.25) is 0 Å². The molecule has 4 heteroatoms. The van der Waals surface area contributed by atoms with Gasteiger partial charge in [0.15, 0.2) is 0 Å². The lowest BCUT2D eigenvalue weighted by Gasteiger charge is -2.17. The number of phenolic OH excluding ortho intramolecular Hbond substituents is 1. The molecule has 0 spiro atoms. The molecule has 0 unspecified atom stereocenters. The van der Waals surface area contributed by atoms with Gasteiger partial charge < -0.3 is 10.0 Å². The molecule has 2 rings (SSSR count). The van der Waals surface area contributed by atoms with Gasteiger partial charge in [-0.3, -0.25) is 4.79 Å². The molecule has 16 heavy (non-hydrogen) atoms. The predicted octanol–water partition coefficient (Wildman–Crippen LogP) is 2.70. The van der Waals surface area contributed by atoms with E-state index < -0.39 is 0 Å². The first kappa shape index (κ1) is 11.5. The van der Waals surface area contributed by atoms with Crippen molar-refractivity contribution in [2.24, 2.45) is 0 Å². The van der Waals surface area contributed by atoms with Gasteiger partial charge in [0.2, 0.25) is 0 Å². The zero-order valence-electron chi connectivity index (χ0n) is 9.16. The fourth-order valence-corrected chi connectivity index (χ4v) is 2.44. The summed E-state index contributed by atoms with van der Waals surface area (Å²) in [4.78, 5) is 14.0. The van der Waals surface area contributed by atoms with E-state index in [1.165, 1.54) is 0 Å². The fourth-order valence-electron chi connectivity index (χ4n) is 1.93. The second kappa shape index (κ2) is 4.45. The number of hydrogen-bond acceptors (Lipinski definition) is 2. The van der Waals surface area contributed by atoms with E-state index in [1.807, 2.05) is 4.90 Å². The molecular formula is C12H14BrNO2. The molecule has 1 saturated heterocycles. The number of nitrogens with zero attached hydrogens (tertiary/aromatic N) is 1. The molecule has 1 amide bonds. The minimum absolute atomic E-state index is 0.0486. The van der Waals surface area contributed by atoms with Gasteiger partial charge in [0.25, 0.3) is 5.91 Å². The van der Waals surface area contributed by atoms with Gasteiger partial charge in [0, 0.05) is 23.1 Å². The number of carbonyl (C=O) groups excluding carboxylic acids is 1. The Bertz CT molecular complexity index is 425. The topological polar surface area (TPSA) is 40.5 Å². The molecule has 0 aromatic heterocycles. The maximum absolute atomic E-state index is 12.1. The van der Waals surface area contributed by atoms with Crippen molar-refractivity contribution >= 4 is 21.8 Å². The Morgan fingerprint density at radius 3 is 2.62 bits per heavy atom. The lowest BCUT2D eigenvalue weighted by Crippen LogP contribution is -2.27. The van der Waals surface area contributed by atoms with Crippen LogP contribution in [-0.2, 0) is 0 Å². The van der Waals surface area contributed by atoms with Crippen LogP contribution in [0.1, 0.15) is 28.8 Å². The van der Waals surface area contributed by atoms with E-state index >= 15 is 0 Å². The van der Waals surface area contributed by atoms with Crippen LogP contribution in [0.25, 0.3) is 0 Å². The molecule has 1 fully saturated rings. The summed E-state index contributed by atoms with van der Waals surface area (Å²) >= 11 is 3.37. The van der Waals surface area contributed by atoms with Crippen LogP contribution in [0, 0.1) is 6.92 Å². The molecular weight excluding hydrogens is 270 g/mol. The Balaban J connectivity index is 2.33. The summed E-state index contributed by atoms with van der Waals surface area (Å²) in [7, 11) is 0. The molecule has 0 radical (unpaired) electrons. The minimum Gasteiger partial charge on any atom is -0.508 e. The number of halogens is 1. The van der Waals surface area contributed by atoms with E-state index in [0.717, 1.165) is 25.9 Å². The first-order chi connectivity index (χ1) is 7.61. The molecule has 3 nitrogen and oxygen atoms in total. The quantitative estimate of drug-likeness (QED) is 0.861. The predicted molar refractivity (Wildman–Crippen MR) is 65.7 cm³/mol. The molecule has 0 bridgehead atoms. The van der Waals surface area contributed by atoms with Gasteiger partial charge >= 0.3 is 0 Å². The smallest absolute Gasteiger partial charge is 0.255 e. The van der Waals surface area contributed by atoms with E-state index in [4.69, 9.17) is 0 Å². The Morgan fingerprint density at radius 1 is 1.38 bits per heavy atom. The van der Waals surface area contributed by atoms with Gasteiger partial charge in [0.05, 0.1) is 5.56 Å². The minimum atomic E-state index is 0.0486. The summed E-state index contributed by atoms with van der Waals surface area (Å²) < 4.78 is 0.699. The number of carbonyl (C=O) groups is 1. The standard InChI is InChI=1S/C12H14BrNO2/c1-8-10(15)5-4-9(11(8)13)12(16)14-6-2-3-7-14/h4-5,15H,2-3,6-7H2,1H3. The number of hydrogen-bond donors (Lipinski definition) is 1. The molecule has 0 atom stereocenters. The molecule has 1 aromatic carbocycles. The summed E-state index contributed by atoms with van der Waals surface area (Å²) in [5, 5.41) is 9.52. The second-order valence-electron chi connectivity index (χ2n) is 4.07. The number of aromatic hydroxyl groups is 1. The zero-order valence-corrected chi connectivity index (χ0v) is 10.7. The number of rotatable bonds is 1. The van der Waals surface area contributed by atoms with Crippen molar-refractivity contribution in [3.8, 4) is 5.75 Å². The summed E-state index contributed by atoms with van der Waals surface area (Å²) in [6, 6.07) is 3.25. The van der Waals surface area contributed by atoms with Gasteiger partial charge in [0.1, 0.15) is 5.75 Å². The van der Waals surface area contributed by atoms with Gasteiger partial charge in [-0.1, -0.05) is 0 Å². The summed E-state index contributed by atoms with van der Waals surface area (Å²) in [5.74, 6) is 0.261. The highest BCUT2D eigenvalue weighted by atomic mass is 79.9. The van der Waals surface area contributed by atoms with Crippen LogP contribution < -0.4 is 0 Å². The first-order valence-electron chi connectivity index (χ1n) is 5.38. The van der Waals surface area contributed by atoms with E-state index in [-0.39, 0.29) is 11.7 Å². The molecule has 0 aliphatic carbocycles. The monoisotopic (exact) mass is 283 g/mol. The van der Waals surface area contributed by atoms with Crippen molar-refractivity contribution < 1.29 is 9.90 Å². The molecule has 1 aliphatic rings. The normalized spacial score (nSPS) is 15.5. The third-order valence-electron chi connectivity index (χ3n) is 2.98. The molecule has 86 valence electrons. The molecule has 1 heterocycles. The SMILES string of the molecule is Cc1c(O)ccc(C(=O)N2CCCC2)c1Br. The van der Waals surface area contributed by atoms with E-state index in [9.17, 15) is 9.90 Å². The van der Waals surface area contributed by atoms with Crippen molar-refractivity contribution in [3.63, 3.8) is 0 Å². The van der Waals surface area contributed by atoms with Gasteiger partial charge in [-0.2, -0.15) is 0 Å². The van der Waals surface area contributed by atoms with E-state index in [0.29, 0.717) is 15.6 Å². The maximum Gasteiger partial charge on any atom is 0.255 e. The number of likely N-dealkylation sites (tertiary alicyclic amines) is 1. The van der Waals surface area contributed by atoms with Crippen molar-refractivity contribution in [2.45, 2.75) is 19.8 Å². The fraction of sp³-hybridized carbons (Fsp3) is 0.417. The molecule has 1 aromatic rings. The van der Waals surface area contributed by atoms with E-state index in [1.54, 1.807) is 19.1 Å². The van der Waals surface area contributed by atoms with Gasteiger partial charge in [-0.15, -0.1) is 0 Å². The van der Waals surface area contributed by atoms with Crippen LogP contribution >= 0.6 is 15.9 Å². The second-order valence-corrected chi connectivity index (χ2v) is 4.86. The molecule has 1 N–H and O–H groups in total. The average molecular weight is 284 g/mol. The number of phenols is 1. The highest BCUT2D eigenvalue weighted by Gasteiger charge is 2.22. The Morgan fingerprint density at radius 2 is 2.00 bits per heavy atom. The van der Waals surface area contributed by atoms with Crippen LogP contribution in [0.3, 0.4) is 0 Å². The van der Waals surface area contributed by atoms with Crippen molar-refractivity contribution in [3.05, 3.63) is 27.7 Å².